The smallest absolute Gasteiger partial charge is 0.268 e. The number of carbonyl (C=O) groups excluding carboxylic acids is 1. The van der Waals surface area contributed by atoms with Crippen LogP contribution in [0.3, 0.4) is 0 Å². The van der Waals surface area contributed by atoms with Gasteiger partial charge in [0.05, 0.1) is 22.2 Å². The summed E-state index contributed by atoms with van der Waals surface area (Å²) < 4.78 is 41.3. The molecular formula is C44H44N6O6S. The lowest BCUT2D eigenvalue weighted by Gasteiger charge is -2.40. The first-order valence-corrected chi connectivity index (χ1v) is 20.7. The van der Waals surface area contributed by atoms with Gasteiger partial charge >= 0.3 is 0 Å². The Labute approximate surface area is 331 Å². The van der Waals surface area contributed by atoms with Crippen LogP contribution in [-0.4, -0.2) is 70.1 Å². The van der Waals surface area contributed by atoms with E-state index in [1.807, 2.05) is 42.6 Å². The van der Waals surface area contributed by atoms with Gasteiger partial charge in [-0.3, -0.25) is 9.69 Å². The number of aromatic nitrogens is 1. The lowest BCUT2D eigenvalue weighted by atomic mass is 9.96. The zero-order chi connectivity index (χ0) is 39.2. The number of piperazine rings is 1. The molecule has 12 nitrogen and oxygen atoms in total. The summed E-state index contributed by atoms with van der Waals surface area (Å²) in [5.41, 5.74) is 4.62. The second-order valence-corrected chi connectivity index (χ2v) is 16.1. The summed E-state index contributed by atoms with van der Waals surface area (Å²) in [6, 6.07) is 37.8. The number of sulfonamides is 1. The van der Waals surface area contributed by atoms with E-state index in [1.165, 1.54) is 29.3 Å². The maximum Gasteiger partial charge on any atom is 0.268 e. The van der Waals surface area contributed by atoms with Gasteiger partial charge in [0.2, 0.25) is 0 Å². The van der Waals surface area contributed by atoms with E-state index in [-0.39, 0.29) is 27.9 Å². The zero-order valence-corrected chi connectivity index (χ0v) is 32.2. The standard InChI is InChI=1S/C44H44N6O6S/c51-44(48-57(53,54)37-13-16-40(41(29-37)47-52)46-30-31-18-25-55-26-19-31)38-14-11-35(28-42(38)56-36-12-15-39-34(27-36)17-20-45-39)49-21-23-50(24-22-49)43(32-7-3-1-4-8-32)33-9-5-2-6-10-33/h1-17,20,27-29,31,43,45-46H,18-19,21-26,30H2,(H,48,51). The van der Waals surface area contributed by atoms with E-state index in [2.05, 4.69) is 78.5 Å². The van der Waals surface area contributed by atoms with Crippen molar-refractivity contribution in [3.63, 3.8) is 0 Å². The Bertz CT molecular complexity index is 2410. The van der Waals surface area contributed by atoms with Gasteiger partial charge in [0.15, 0.2) is 0 Å². The van der Waals surface area contributed by atoms with Gasteiger partial charge < -0.3 is 24.7 Å². The Balaban J connectivity index is 1.03. The Morgan fingerprint density at radius 2 is 1.56 bits per heavy atom. The molecule has 13 heteroatoms. The van der Waals surface area contributed by atoms with Crippen LogP contribution in [0, 0.1) is 10.8 Å². The summed E-state index contributed by atoms with van der Waals surface area (Å²) in [4.78, 5) is 33.3. The quantitative estimate of drug-likeness (QED) is 0.0987. The van der Waals surface area contributed by atoms with Crippen LogP contribution in [0.1, 0.15) is 40.4 Å². The van der Waals surface area contributed by atoms with Crippen molar-refractivity contribution in [2.24, 2.45) is 11.1 Å². The molecule has 2 aliphatic heterocycles. The molecule has 292 valence electrons. The average Bonchev–Trinajstić information content (AvgIpc) is 3.72. The van der Waals surface area contributed by atoms with Crippen molar-refractivity contribution < 1.29 is 22.7 Å². The summed E-state index contributed by atoms with van der Waals surface area (Å²) in [5, 5.41) is 7.22. The first-order valence-electron chi connectivity index (χ1n) is 19.2. The van der Waals surface area contributed by atoms with E-state index in [0.29, 0.717) is 37.1 Å². The van der Waals surface area contributed by atoms with Gasteiger partial charge in [-0.05, 0) is 89.7 Å². The molecule has 8 rings (SSSR count). The molecule has 2 aliphatic rings. The monoisotopic (exact) mass is 784 g/mol. The SMILES string of the molecule is O=Nc1cc(S(=O)(=O)NC(=O)c2ccc(N3CCN(C(c4ccccc4)c4ccccc4)CC3)cc2Oc2ccc3[nH]ccc3c2)ccc1NCC1CCOCC1. The van der Waals surface area contributed by atoms with E-state index < -0.39 is 15.9 Å². The maximum absolute atomic E-state index is 13.9. The number of ether oxygens (including phenoxy) is 2. The van der Waals surface area contributed by atoms with Crippen molar-refractivity contribution in [2.75, 3.05) is 56.2 Å². The van der Waals surface area contributed by atoms with E-state index in [0.717, 1.165) is 55.6 Å². The van der Waals surface area contributed by atoms with Crippen molar-refractivity contribution in [1.82, 2.24) is 14.6 Å². The highest BCUT2D eigenvalue weighted by Gasteiger charge is 2.28. The molecule has 0 saturated carbocycles. The van der Waals surface area contributed by atoms with Gasteiger partial charge in [0.1, 0.15) is 17.2 Å². The predicted molar refractivity (Wildman–Crippen MR) is 222 cm³/mol. The van der Waals surface area contributed by atoms with Crippen LogP contribution in [0.5, 0.6) is 11.5 Å². The minimum absolute atomic E-state index is 0.0341. The lowest BCUT2D eigenvalue weighted by Crippen LogP contribution is -2.48. The second-order valence-electron chi connectivity index (χ2n) is 14.4. The fourth-order valence-corrected chi connectivity index (χ4v) is 8.65. The zero-order valence-electron chi connectivity index (χ0n) is 31.3. The molecule has 57 heavy (non-hydrogen) atoms. The van der Waals surface area contributed by atoms with Crippen molar-refractivity contribution >= 4 is 43.9 Å². The first kappa shape index (κ1) is 37.9. The molecule has 1 aromatic heterocycles. The number of nitroso groups, excluding NO2 is 1. The highest BCUT2D eigenvalue weighted by Crippen LogP contribution is 2.35. The third-order valence-corrected chi connectivity index (χ3v) is 12.1. The van der Waals surface area contributed by atoms with Gasteiger partial charge in [0, 0.05) is 74.8 Å². The van der Waals surface area contributed by atoms with Crippen molar-refractivity contribution in [1.29, 1.82) is 0 Å². The number of rotatable bonds is 13. The Morgan fingerprint density at radius 1 is 0.842 bits per heavy atom. The molecule has 3 N–H and O–H groups in total. The molecule has 0 radical (unpaired) electrons. The molecule has 0 unspecified atom stereocenters. The normalized spacial score (nSPS) is 15.4. The summed E-state index contributed by atoms with van der Waals surface area (Å²) >= 11 is 0. The van der Waals surface area contributed by atoms with E-state index in [4.69, 9.17) is 9.47 Å². The third-order valence-electron chi connectivity index (χ3n) is 10.8. The van der Waals surface area contributed by atoms with Crippen LogP contribution < -0.4 is 19.7 Å². The maximum atomic E-state index is 13.9. The number of anilines is 2. The number of nitrogens with one attached hydrogen (secondary N) is 3. The minimum Gasteiger partial charge on any atom is -0.456 e. The summed E-state index contributed by atoms with van der Waals surface area (Å²) in [6.07, 6.45) is 3.62. The number of hydrogen-bond acceptors (Lipinski definition) is 10. The summed E-state index contributed by atoms with van der Waals surface area (Å²) in [7, 11) is -4.41. The molecule has 0 bridgehead atoms. The van der Waals surface area contributed by atoms with E-state index in [9.17, 15) is 18.1 Å². The molecule has 2 fully saturated rings. The number of fused-ring (bicyclic) bond motifs is 1. The van der Waals surface area contributed by atoms with Crippen molar-refractivity contribution in [3.05, 3.63) is 149 Å². The molecule has 0 aliphatic carbocycles. The third kappa shape index (κ3) is 8.70. The summed E-state index contributed by atoms with van der Waals surface area (Å²) in [6.45, 7) is 4.98. The number of amides is 1. The highest BCUT2D eigenvalue weighted by molar-refractivity contribution is 7.90. The topological polar surface area (TPSA) is 145 Å². The number of aromatic amines is 1. The molecule has 5 aromatic carbocycles. The van der Waals surface area contributed by atoms with Crippen LogP contribution >= 0.6 is 0 Å². The van der Waals surface area contributed by atoms with Gasteiger partial charge in [-0.2, -0.15) is 0 Å². The Hall–Kier alpha value is -6.02. The molecule has 0 atom stereocenters. The molecule has 2 saturated heterocycles. The minimum atomic E-state index is -4.41. The fraction of sp³-hybridized carbons (Fsp3) is 0.250. The van der Waals surface area contributed by atoms with Gasteiger partial charge in [-0.15, -0.1) is 4.91 Å². The second kappa shape index (κ2) is 17.0. The first-order chi connectivity index (χ1) is 27.8. The van der Waals surface area contributed by atoms with Crippen molar-refractivity contribution in [2.45, 2.75) is 23.8 Å². The number of nitrogens with zero attached hydrogens (tertiary/aromatic N) is 3. The Kier molecular flexibility index (Phi) is 11.3. The molecule has 3 heterocycles. The molecular weight excluding hydrogens is 741 g/mol. The van der Waals surface area contributed by atoms with Gasteiger partial charge in [0.25, 0.3) is 15.9 Å². The van der Waals surface area contributed by atoms with Crippen LogP contribution in [0.25, 0.3) is 10.9 Å². The average molecular weight is 785 g/mol. The van der Waals surface area contributed by atoms with Gasteiger partial charge in [-0.1, -0.05) is 60.7 Å². The number of hydrogen-bond donors (Lipinski definition) is 3. The largest absolute Gasteiger partial charge is 0.456 e. The number of H-pyrrole nitrogens is 1. The fourth-order valence-electron chi connectivity index (χ4n) is 7.67. The highest BCUT2D eigenvalue weighted by atomic mass is 32.2. The lowest BCUT2D eigenvalue weighted by molar-refractivity contribution is 0.0699. The summed E-state index contributed by atoms with van der Waals surface area (Å²) in [5.74, 6) is 0.178. The number of benzene rings is 5. The van der Waals surface area contributed by atoms with E-state index >= 15 is 0 Å². The molecule has 1 amide bonds. The van der Waals surface area contributed by atoms with Crippen molar-refractivity contribution in [3.8, 4) is 11.5 Å². The van der Waals surface area contributed by atoms with Crippen LogP contribution in [0.4, 0.5) is 17.1 Å². The van der Waals surface area contributed by atoms with E-state index in [1.54, 1.807) is 18.2 Å². The van der Waals surface area contributed by atoms with Crippen LogP contribution in [-0.2, 0) is 14.8 Å². The van der Waals surface area contributed by atoms with Crippen LogP contribution in [0.2, 0.25) is 0 Å². The molecule has 6 aromatic rings. The Morgan fingerprint density at radius 3 is 2.26 bits per heavy atom. The van der Waals surface area contributed by atoms with Gasteiger partial charge in [-0.25, -0.2) is 13.1 Å². The predicted octanol–water partition coefficient (Wildman–Crippen LogP) is 8.23. The number of carbonyl (C=O) groups is 1. The van der Waals surface area contributed by atoms with Crippen LogP contribution in [0.15, 0.2) is 138 Å². The molecule has 0 spiro atoms.